The second-order valence-corrected chi connectivity index (χ2v) is 9.78. The molecule has 0 aliphatic carbocycles. The molecule has 0 saturated heterocycles. The summed E-state index contributed by atoms with van der Waals surface area (Å²) in [5.74, 6) is 1.03. The van der Waals surface area contributed by atoms with Crippen LogP contribution in [-0.2, 0) is 18.0 Å². The van der Waals surface area contributed by atoms with Crippen molar-refractivity contribution in [2.24, 2.45) is 0 Å². The number of anilines is 1. The Morgan fingerprint density at radius 2 is 1.57 bits per heavy atom. The summed E-state index contributed by atoms with van der Waals surface area (Å²) in [5.41, 5.74) is 2.78. The normalized spacial score (nSPS) is 10.9. The van der Waals surface area contributed by atoms with Crippen LogP contribution in [-0.4, -0.2) is 13.0 Å². The molecule has 6 nitrogen and oxygen atoms in total. The quantitative estimate of drug-likeness (QED) is 0.148. The molecule has 0 bridgehead atoms. The number of benzene rings is 4. The van der Waals surface area contributed by atoms with Gasteiger partial charge in [0.15, 0.2) is 11.5 Å². The molecule has 40 heavy (non-hydrogen) atoms. The fraction of sp³-hybridized carbons (Fsp3) is 0.0968. The molecule has 4 aromatic rings. The Labute approximate surface area is 247 Å². The number of carbonyl (C=O) groups excluding carboxylic acids is 1. The predicted molar refractivity (Wildman–Crippen MR) is 158 cm³/mol. The average molecular weight is 594 g/mol. The van der Waals surface area contributed by atoms with E-state index >= 15 is 0 Å². The molecule has 0 unspecified atom stereocenters. The van der Waals surface area contributed by atoms with Gasteiger partial charge in [-0.3, -0.25) is 4.79 Å². The molecule has 4 aromatic carbocycles. The van der Waals surface area contributed by atoms with Crippen LogP contribution in [0, 0.1) is 11.3 Å². The first-order valence-corrected chi connectivity index (χ1v) is 13.1. The summed E-state index contributed by atoms with van der Waals surface area (Å²) in [6.07, 6.45) is 1.48. The lowest BCUT2D eigenvalue weighted by Crippen LogP contribution is -2.13. The van der Waals surface area contributed by atoms with Gasteiger partial charge in [-0.15, -0.1) is 0 Å². The van der Waals surface area contributed by atoms with E-state index < -0.39 is 5.91 Å². The topological polar surface area (TPSA) is 80.6 Å². The number of hydrogen-bond acceptors (Lipinski definition) is 5. The van der Waals surface area contributed by atoms with Gasteiger partial charge in [-0.05, 0) is 77.9 Å². The second-order valence-electron chi connectivity index (χ2n) is 8.50. The van der Waals surface area contributed by atoms with E-state index in [2.05, 4.69) is 5.32 Å². The van der Waals surface area contributed by atoms with Crippen molar-refractivity contribution in [3.63, 3.8) is 0 Å². The molecule has 9 heteroatoms. The highest BCUT2D eigenvalue weighted by Crippen LogP contribution is 2.30. The Bertz CT molecular complexity index is 1560. The minimum absolute atomic E-state index is 0.0745. The zero-order chi connectivity index (χ0) is 28.5. The van der Waals surface area contributed by atoms with Gasteiger partial charge >= 0.3 is 0 Å². The zero-order valence-corrected chi connectivity index (χ0v) is 23.6. The average Bonchev–Trinajstić information content (AvgIpc) is 2.96. The van der Waals surface area contributed by atoms with Crippen LogP contribution in [0.15, 0.2) is 90.5 Å². The van der Waals surface area contributed by atoms with Crippen LogP contribution in [0.2, 0.25) is 15.1 Å². The number of nitrogens with one attached hydrogen (secondary N) is 1. The van der Waals surface area contributed by atoms with E-state index in [1.807, 2.05) is 18.2 Å². The van der Waals surface area contributed by atoms with E-state index in [9.17, 15) is 10.1 Å². The van der Waals surface area contributed by atoms with Gasteiger partial charge in [0.05, 0.1) is 7.11 Å². The smallest absolute Gasteiger partial charge is 0.266 e. The zero-order valence-electron chi connectivity index (χ0n) is 21.3. The third-order valence-corrected chi connectivity index (χ3v) is 6.53. The maximum absolute atomic E-state index is 12.8. The van der Waals surface area contributed by atoms with E-state index in [0.29, 0.717) is 50.2 Å². The molecule has 4 rings (SSSR count). The van der Waals surface area contributed by atoms with Crippen LogP contribution in [0.3, 0.4) is 0 Å². The molecule has 0 heterocycles. The summed E-state index contributed by atoms with van der Waals surface area (Å²) < 4.78 is 17.1. The maximum atomic E-state index is 12.8. The SMILES string of the molecule is COc1cc(/C=C(\C#N)C(=O)Nc2ccc(OCc3ccc(Cl)cc3Cl)cc2)ccc1OCc1ccc(Cl)cc1. The van der Waals surface area contributed by atoms with Crippen LogP contribution in [0.25, 0.3) is 6.08 Å². The Kier molecular flexibility index (Phi) is 9.93. The van der Waals surface area contributed by atoms with Crippen molar-refractivity contribution in [1.82, 2.24) is 0 Å². The van der Waals surface area contributed by atoms with Gasteiger partial charge in [0.1, 0.15) is 30.6 Å². The summed E-state index contributed by atoms with van der Waals surface area (Å²) in [6, 6.07) is 26.4. The van der Waals surface area contributed by atoms with Gasteiger partial charge < -0.3 is 19.5 Å². The number of amides is 1. The highest BCUT2D eigenvalue weighted by atomic mass is 35.5. The first-order valence-electron chi connectivity index (χ1n) is 12.0. The Morgan fingerprint density at radius 3 is 2.25 bits per heavy atom. The van der Waals surface area contributed by atoms with Crippen molar-refractivity contribution < 1.29 is 19.0 Å². The standard InChI is InChI=1S/C31H23Cl3N2O4/c1-38-30-15-21(4-13-29(30)40-18-20-2-6-24(32)7-3-20)14-23(17-35)31(37)36-26-9-11-27(12-10-26)39-19-22-5-8-25(33)16-28(22)34/h2-16H,18-19H2,1H3,(H,36,37)/b23-14+. The molecule has 1 amide bonds. The number of hydrogen-bond donors (Lipinski definition) is 1. The Balaban J connectivity index is 1.37. The first kappa shape index (κ1) is 28.8. The van der Waals surface area contributed by atoms with Crippen molar-refractivity contribution in [3.8, 4) is 23.3 Å². The van der Waals surface area contributed by atoms with Gasteiger partial charge in [0, 0.05) is 26.3 Å². The molecule has 0 atom stereocenters. The third-order valence-electron chi connectivity index (χ3n) is 5.69. The fourth-order valence-corrected chi connectivity index (χ4v) is 4.17. The van der Waals surface area contributed by atoms with Crippen molar-refractivity contribution in [3.05, 3.63) is 122 Å². The van der Waals surface area contributed by atoms with Crippen LogP contribution in [0.1, 0.15) is 16.7 Å². The van der Waals surface area contributed by atoms with Crippen molar-refractivity contribution in [1.29, 1.82) is 5.26 Å². The minimum atomic E-state index is -0.550. The molecule has 0 aliphatic rings. The number of rotatable bonds is 10. The van der Waals surface area contributed by atoms with Gasteiger partial charge in [-0.1, -0.05) is 59.1 Å². The van der Waals surface area contributed by atoms with Crippen molar-refractivity contribution in [2.75, 3.05) is 12.4 Å². The van der Waals surface area contributed by atoms with Gasteiger partial charge in [0.2, 0.25) is 0 Å². The molecule has 0 fully saturated rings. The van der Waals surface area contributed by atoms with E-state index in [1.165, 1.54) is 13.2 Å². The molecule has 0 spiro atoms. The van der Waals surface area contributed by atoms with Gasteiger partial charge in [-0.2, -0.15) is 5.26 Å². The van der Waals surface area contributed by atoms with E-state index in [0.717, 1.165) is 11.1 Å². The van der Waals surface area contributed by atoms with Crippen LogP contribution in [0.5, 0.6) is 17.2 Å². The maximum Gasteiger partial charge on any atom is 0.266 e. The molecule has 202 valence electrons. The van der Waals surface area contributed by atoms with Gasteiger partial charge in [-0.25, -0.2) is 0 Å². The monoisotopic (exact) mass is 592 g/mol. The van der Waals surface area contributed by atoms with Crippen molar-refractivity contribution in [2.45, 2.75) is 13.2 Å². The molecule has 0 radical (unpaired) electrons. The predicted octanol–water partition coefficient (Wildman–Crippen LogP) is 8.36. The number of carbonyl (C=O) groups is 1. The first-order chi connectivity index (χ1) is 19.3. The lowest BCUT2D eigenvalue weighted by Gasteiger charge is -2.12. The molecule has 0 saturated carbocycles. The third kappa shape index (κ3) is 7.93. The number of methoxy groups -OCH3 is 1. The summed E-state index contributed by atoms with van der Waals surface area (Å²) in [5, 5.41) is 14.1. The largest absolute Gasteiger partial charge is 0.493 e. The Morgan fingerprint density at radius 1 is 0.850 bits per heavy atom. The number of nitrogens with zero attached hydrogens (tertiary/aromatic N) is 1. The molecular formula is C31H23Cl3N2O4. The van der Waals surface area contributed by atoms with E-state index in [-0.39, 0.29) is 12.2 Å². The number of nitriles is 1. The lowest BCUT2D eigenvalue weighted by molar-refractivity contribution is -0.112. The number of ether oxygens (including phenoxy) is 3. The van der Waals surface area contributed by atoms with Crippen molar-refractivity contribution >= 4 is 52.5 Å². The van der Waals surface area contributed by atoms with E-state index in [1.54, 1.807) is 72.8 Å². The highest BCUT2D eigenvalue weighted by molar-refractivity contribution is 6.35. The molecule has 1 N–H and O–H groups in total. The van der Waals surface area contributed by atoms with Crippen LogP contribution in [0.4, 0.5) is 5.69 Å². The molecule has 0 aliphatic heterocycles. The summed E-state index contributed by atoms with van der Waals surface area (Å²) >= 11 is 18.0. The van der Waals surface area contributed by atoms with Crippen LogP contribution < -0.4 is 19.5 Å². The lowest BCUT2D eigenvalue weighted by atomic mass is 10.1. The number of halogens is 3. The molecular weight excluding hydrogens is 571 g/mol. The molecule has 0 aromatic heterocycles. The summed E-state index contributed by atoms with van der Waals surface area (Å²) in [7, 11) is 1.52. The summed E-state index contributed by atoms with van der Waals surface area (Å²) in [4.78, 5) is 12.8. The fourth-order valence-electron chi connectivity index (χ4n) is 3.58. The van der Waals surface area contributed by atoms with Crippen LogP contribution >= 0.6 is 34.8 Å². The Hall–Kier alpha value is -4.15. The summed E-state index contributed by atoms with van der Waals surface area (Å²) in [6.45, 7) is 0.588. The second kappa shape index (κ2) is 13.8. The van der Waals surface area contributed by atoms with Gasteiger partial charge in [0.25, 0.3) is 5.91 Å². The van der Waals surface area contributed by atoms with E-state index in [4.69, 9.17) is 49.0 Å². The highest BCUT2D eigenvalue weighted by Gasteiger charge is 2.12. The minimum Gasteiger partial charge on any atom is -0.493 e.